The summed E-state index contributed by atoms with van der Waals surface area (Å²) < 4.78 is 1.07. The molecule has 1 amide bonds. The zero-order chi connectivity index (χ0) is 13.9. The standard InChI is InChI=1S/C15H12N2OS2/c1-19-13-5-3-2-4-11(13)15(18)17-10-6-7-12-14(8-10)20-9-16-12/h2-9H,1H3,(H,17,18). The van der Waals surface area contributed by atoms with Crippen LogP contribution in [0, 0.1) is 0 Å². The third kappa shape index (κ3) is 2.55. The molecule has 20 heavy (non-hydrogen) atoms. The van der Waals surface area contributed by atoms with Crippen molar-refractivity contribution in [1.29, 1.82) is 0 Å². The molecule has 3 rings (SSSR count). The Morgan fingerprint density at radius 3 is 2.95 bits per heavy atom. The molecule has 0 saturated carbocycles. The number of amides is 1. The number of aromatic nitrogens is 1. The molecule has 0 aliphatic heterocycles. The number of benzene rings is 2. The molecular formula is C15H12N2OS2. The highest BCUT2D eigenvalue weighted by molar-refractivity contribution is 7.98. The van der Waals surface area contributed by atoms with Crippen molar-refractivity contribution < 1.29 is 4.79 Å². The minimum atomic E-state index is -0.0844. The molecule has 2 aromatic carbocycles. The lowest BCUT2D eigenvalue weighted by atomic mass is 10.2. The van der Waals surface area contributed by atoms with E-state index in [1.165, 1.54) is 0 Å². The first-order valence-electron chi connectivity index (χ1n) is 6.05. The molecule has 1 heterocycles. The zero-order valence-electron chi connectivity index (χ0n) is 10.8. The van der Waals surface area contributed by atoms with Crippen LogP contribution in [-0.2, 0) is 0 Å². The lowest BCUT2D eigenvalue weighted by molar-refractivity contribution is 0.102. The summed E-state index contributed by atoms with van der Waals surface area (Å²) in [6.07, 6.45) is 1.97. The minimum absolute atomic E-state index is 0.0844. The molecule has 0 fully saturated rings. The normalized spacial score (nSPS) is 10.7. The average Bonchev–Trinajstić information content (AvgIpc) is 2.94. The highest BCUT2D eigenvalue weighted by Gasteiger charge is 2.10. The molecule has 5 heteroatoms. The Kier molecular flexibility index (Phi) is 3.71. The van der Waals surface area contributed by atoms with Gasteiger partial charge >= 0.3 is 0 Å². The maximum atomic E-state index is 12.3. The molecule has 0 saturated heterocycles. The van der Waals surface area contributed by atoms with Gasteiger partial charge in [0, 0.05) is 10.6 Å². The van der Waals surface area contributed by atoms with Gasteiger partial charge in [-0.05, 0) is 36.6 Å². The number of carbonyl (C=O) groups is 1. The van der Waals surface area contributed by atoms with Crippen LogP contribution in [0.5, 0.6) is 0 Å². The highest BCUT2D eigenvalue weighted by Crippen LogP contribution is 2.24. The van der Waals surface area contributed by atoms with E-state index in [2.05, 4.69) is 10.3 Å². The maximum Gasteiger partial charge on any atom is 0.256 e. The number of nitrogens with zero attached hydrogens (tertiary/aromatic N) is 1. The van der Waals surface area contributed by atoms with Gasteiger partial charge in [0.05, 0.1) is 21.3 Å². The highest BCUT2D eigenvalue weighted by atomic mass is 32.2. The van der Waals surface area contributed by atoms with Gasteiger partial charge in [0.25, 0.3) is 5.91 Å². The fourth-order valence-electron chi connectivity index (χ4n) is 1.96. The molecule has 0 unspecified atom stereocenters. The summed E-state index contributed by atoms with van der Waals surface area (Å²) in [5.41, 5.74) is 4.25. The summed E-state index contributed by atoms with van der Waals surface area (Å²) in [5, 5.41) is 2.94. The first kappa shape index (κ1) is 13.1. The van der Waals surface area contributed by atoms with Gasteiger partial charge in [-0.3, -0.25) is 4.79 Å². The molecule has 100 valence electrons. The Labute approximate surface area is 125 Å². The minimum Gasteiger partial charge on any atom is -0.322 e. The van der Waals surface area contributed by atoms with Crippen LogP contribution in [0.4, 0.5) is 5.69 Å². The number of anilines is 1. The topological polar surface area (TPSA) is 42.0 Å². The van der Waals surface area contributed by atoms with Crippen molar-refractivity contribution in [1.82, 2.24) is 4.98 Å². The predicted octanol–water partition coefficient (Wildman–Crippen LogP) is 4.27. The van der Waals surface area contributed by atoms with Gasteiger partial charge in [-0.25, -0.2) is 4.98 Å². The molecule has 0 aliphatic rings. The van der Waals surface area contributed by atoms with E-state index in [0.29, 0.717) is 5.56 Å². The van der Waals surface area contributed by atoms with E-state index in [-0.39, 0.29) is 5.91 Å². The monoisotopic (exact) mass is 300 g/mol. The Bertz CT molecular complexity index is 767. The number of thioether (sulfide) groups is 1. The van der Waals surface area contributed by atoms with Crippen molar-refractivity contribution in [2.24, 2.45) is 0 Å². The Hall–Kier alpha value is -1.85. The van der Waals surface area contributed by atoms with Gasteiger partial charge in [-0.2, -0.15) is 0 Å². The van der Waals surface area contributed by atoms with Crippen LogP contribution in [0.15, 0.2) is 52.9 Å². The van der Waals surface area contributed by atoms with E-state index in [4.69, 9.17) is 0 Å². The number of thiazole rings is 1. The van der Waals surface area contributed by atoms with Crippen molar-refractivity contribution in [2.45, 2.75) is 4.90 Å². The lowest BCUT2D eigenvalue weighted by Gasteiger charge is -2.08. The first-order valence-corrected chi connectivity index (χ1v) is 8.16. The van der Waals surface area contributed by atoms with Gasteiger partial charge in [-0.1, -0.05) is 12.1 Å². The SMILES string of the molecule is CSc1ccccc1C(=O)Nc1ccc2ncsc2c1. The zero-order valence-corrected chi connectivity index (χ0v) is 12.4. The second-order valence-electron chi connectivity index (χ2n) is 4.19. The van der Waals surface area contributed by atoms with E-state index in [9.17, 15) is 4.79 Å². The quantitative estimate of drug-likeness (QED) is 0.734. The van der Waals surface area contributed by atoms with Crippen LogP contribution in [0.25, 0.3) is 10.2 Å². The molecule has 0 bridgehead atoms. The van der Waals surface area contributed by atoms with E-state index in [1.807, 2.05) is 48.7 Å². The predicted molar refractivity (Wildman–Crippen MR) is 85.8 cm³/mol. The smallest absolute Gasteiger partial charge is 0.256 e. The number of hydrogen-bond acceptors (Lipinski definition) is 4. The molecular weight excluding hydrogens is 288 g/mol. The van der Waals surface area contributed by atoms with E-state index in [1.54, 1.807) is 28.6 Å². The fraction of sp³-hybridized carbons (Fsp3) is 0.0667. The maximum absolute atomic E-state index is 12.3. The molecule has 1 aromatic heterocycles. The number of nitrogens with one attached hydrogen (secondary N) is 1. The van der Waals surface area contributed by atoms with Crippen molar-refractivity contribution in [3.8, 4) is 0 Å². The summed E-state index contributed by atoms with van der Waals surface area (Å²) in [4.78, 5) is 17.5. The third-order valence-corrected chi connectivity index (χ3v) is 4.53. The number of carbonyl (C=O) groups excluding carboxylic acids is 1. The summed E-state index contributed by atoms with van der Waals surface area (Å²) >= 11 is 3.13. The summed E-state index contributed by atoms with van der Waals surface area (Å²) in [5.74, 6) is -0.0844. The van der Waals surface area contributed by atoms with Crippen molar-refractivity contribution in [3.63, 3.8) is 0 Å². The van der Waals surface area contributed by atoms with Gasteiger partial charge in [0.2, 0.25) is 0 Å². The lowest BCUT2D eigenvalue weighted by Crippen LogP contribution is -2.12. The van der Waals surface area contributed by atoms with Crippen LogP contribution in [0.3, 0.4) is 0 Å². The number of hydrogen-bond donors (Lipinski definition) is 1. The summed E-state index contributed by atoms with van der Waals surface area (Å²) in [6, 6.07) is 13.3. The van der Waals surface area contributed by atoms with Crippen molar-refractivity contribution in [2.75, 3.05) is 11.6 Å². The summed E-state index contributed by atoms with van der Waals surface area (Å²) in [6.45, 7) is 0. The van der Waals surface area contributed by atoms with Crippen LogP contribution in [0.2, 0.25) is 0 Å². The van der Waals surface area contributed by atoms with Crippen molar-refractivity contribution in [3.05, 3.63) is 53.5 Å². The van der Waals surface area contributed by atoms with Crippen LogP contribution in [0.1, 0.15) is 10.4 Å². The van der Waals surface area contributed by atoms with E-state index < -0.39 is 0 Å². The third-order valence-electron chi connectivity index (χ3n) is 2.94. The van der Waals surface area contributed by atoms with E-state index >= 15 is 0 Å². The van der Waals surface area contributed by atoms with Gasteiger partial charge in [0.15, 0.2) is 0 Å². The van der Waals surface area contributed by atoms with Gasteiger partial charge in [-0.15, -0.1) is 23.1 Å². The van der Waals surface area contributed by atoms with Crippen LogP contribution < -0.4 is 5.32 Å². The van der Waals surface area contributed by atoms with Gasteiger partial charge < -0.3 is 5.32 Å². The Balaban J connectivity index is 1.88. The molecule has 1 N–H and O–H groups in total. The van der Waals surface area contributed by atoms with Gasteiger partial charge in [0.1, 0.15) is 0 Å². The molecule has 0 spiro atoms. The molecule has 3 nitrogen and oxygen atoms in total. The molecule has 0 atom stereocenters. The second-order valence-corrected chi connectivity index (χ2v) is 5.92. The van der Waals surface area contributed by atoms with E-state index in [0.717, 1.165) is 20.8 Å². The second kappa shape index (κ2) is 5.64. The van der Waals surface area contributed by atoms with Crippen molar-refractivity contribution >= 4 is 44.9 Å². The largest absolute Gasteiger partial charge is 0.322 e. The molecule has 0 aliphatic carbocycles. The first-order chi connectivity index (χ1) is 9.78. The average molecular weight is 300 g/mol. The van der Waals surface area contributed by atoms with Crippen LogP contribution >= 0.6 is 23.1 Å². The molecule has 0 radical (unpaired) electrons. The fourth-order valence-corrected chi connectivity index (χ4v) is 3.28. The Morgan fingerprint density at radius 1 is 1.25 bits per heavy atom. The number of rotatable bonds is 3. The van der Waals surface area contributed by atoms with Crippen LogP contribution in [-0.4, -0.2) is 17.1 Å². The number of fused-ring (bicyclic) bond motifs is 1. The molecule has 3 aromatic rings. The Morgan fingerprint density at radius 2 is 2.10 bits per heavy atom. The summed E-state index contributed by atoms with van der Waals surface area (Å²) in [7, 11) is 0.